The Kier molecular flexibility index (Phi) is 4.93. The number of oxazole rings is 1. The largest absolute Gasteiger partial charge is 0.444 e. The predicted octanol–water partition coefficient (Wildman–Crippen LogP) is 1.41. The highest BCUT2D eigenvalue weighted by Crippen LogP contribution is 2.16. The molecular weight excluding hydrogens is 264 g/mol. The van der Waals surface area contributed by atoms with Crippen molar-refractivity contribution in [2.24, 2.45) is 5.92 Å². The summed E-state index contributed by atoms with van der Waals surface area (Å²) in [6.45, 7) is 13.2. The number of nitrogens with zero attached hydrogens (tertiary/aromatic N) is 3. The summed E-state index contributed by atoms with van der Waals surface area (Å²) in [6, 6.07) is 0. The third-order valence-electron chi connectivity index (χ3n) is 4.87. The molecule has 0 aromatic carbocycles. The van der Waals surface area contributed by atoms with Crippen LogP contribution in [0.15, 0.2) is 4.42 Å². The van der Waals surface area contributed by atoms with Crippen LogP contribution in [0.4, 0.5) is 0 Å². The van der Waals surface area contributed by atoms with Crippen LogP contribution in [0.3, 0.4) is 0 Å². The molecule has 118 valence electrons. The highest BCUT2D eigenvalue weighted by atomic mass is 16.4. The zero-order valence-corrected chi connectivity index (χ0v) is 13.4. The lowest BCUT2D eigenvalue weighted by Crippen LogP contribution is -2.48. The fourth-order valence-corrected chi connectivity index (χ4v) is 3.36. The normalized spacial score (nSPS) is 22.8. The fraction of sp³-hybridized carbons (Fsp3) is 0.812. The maximum absolute atomic E-state index is 5.69. The molecule has 5 heteroatoms. The number of piperazine rings is 1. The Hall–Kier alpha value is -0.910. The van der Waals surface area contributed by atoms with E-state index >= 15 is 0 Å². The van der Waals surface area contributed by atoms with Crippen molar-refractivity contribution >= 4 is 0 Å². The molecule has 0 unspecified atom stereocenters. The van der Waals surface area contributed by atoms with E-state index in [9.17, 15) is 0 Å². The van der Waals surface area contributed by atoms with Gasteiger partial charge in [-0.3, -0.25) is 4.90 Å². The molecule has 0 amide bonds. The molecular formula is C16H28N4O. The smallest absolute Gasteiger partial charge is 0.208 e. The standard InChI is InChI=1S/C16H28N4O/c1-13-14(2)21-16(18-13)12-20-9-7-19(8-10-20)11-15-3-5-17-6-4-15/h15,17H,3-12H2,1-2H3. The van der Waals surface area contributed by atoms with Crippen LogP contribution in [0.25, 0.3) is 0 Å². The van der Waals surface area contributed by atoms with Crippen molar-refractivity contribution in [2.75, 3.05) is 45.8 Å². The molecule has 0 bridgehead atoms. The monoisotopic (exact) mass is 292 g/mol. The zero-order chi connectivity index (χ0) is 14.7. The Morgan fingerprint density at radius 2 is 1.76 bits per heavy atom. The Morgan fingerprint density at radius 1 is 1.10 bits per heavy atom. The van der Waals surface area contributed by atoms with Crippen LogP contribution in [-0.2, 0) is 6.54 Å². The van der Waals surface area contributed by atoms with E-state index in [1.807, 2.05) is 13.8 Å². The van der Waals surface area contributed by atoms with Crippen molar-refractivity contribution in [3.63, 3.8) is 0 Å². The lowest BCUT2D eigenvalue weighted by molar-refractivity contribution is 0.101. The maximum atomic E-state index is 5.69. The average molecular weight is 292 g/mol. The molecule has 0 radical (unpaired) electrons. The van der Waals surface area contributed by atoms with Crippen LogP contribution in [0, 0.1) is 19.8 Å². The molecule has 0 spiro atoms. The first kappa shape index (κ1) is 15.0. The summed E-state index contributed by atoms with van der Waals surface area (Å²) in [5.74, 6) is 2.72. The Balaban J connectivity index is 1.42. The first-order chi connectivity index (χ1) is 10.2. The molecule has 2 aliphatic rings. The SMILES string of the molecule is Cc1nc(CN2CCN(CC3CCNCC3)CC2)oc1C. The topological polar surface area (TPSA) is 44.5 Å². The van der Waals surface area contributed by atoms with E-state index < -0.39 is 0 Å². The van der Waals surface area contributed by atoms with Crippen LogP contribution in [0.5, 0.6) is 0 Å². The van der Waals surface area contributed by atoms with Gasteiger partial charge in [-0.25, -0.2) is 4.98 Å². The highest BCUT2D eigenvalue weighted by Gasteiger charge is 2.22. The molecule has 2 fully saturated rings. The molecule has 1 aromatic rings. The third-order valence-corrected chi connectivity index (χ3v) is 4.87. The van der Waals surface area contributed by atoms with Gasteiger partial charge in [0, 0.05) is 32.7 Å². The molecule has 2 saturated heterocycles. The number of aryl methyl sites for hydroxylation is 2. The summed E-state index contributed by atoms with van der Waals surface area (Å²) in [6.07, 6.45) is 2.68. The van der Waals surface area contributed by atoms with Gasteiger partial charge in [0.25, 0.3) is 0 Å². The lowest BCUT2D eigenvalue weighted by atomic mass is 9.97. The Labute approximate surface area is 127 Å². The zero-order valence-electron chi connectivity index (χ0n) is 13.4. The van der Waals surface area contributed by atoms with Gasteiger partial charge in [0.15, 0.2) is 0 Å². The van der Waals surface area contributed by atoms with E-state index in [-0.39, 0.29) is 0 Å². The van der Waals surface area contributed by atoms with E-state index in [1.165, 1.54) is 45.6 Å². The number of hydrogen-bond acceptors (Lipinski definition) is 5. The van der Waals surface area contributed by atoms with Crippen molar-refractivity contribution in [1.29, 1.82) is 0 Å². The van der Waals surface area contributed by atoms with Crippen LogP contribution < -0.4 is 5.32 Å². The van der Waals surface area contributed by atoms with Crippen molar-refractivity contribution in [3.8, 4) is 0 Å². The number of piperidine rings is 1. The van der Waals surface area contributed by atoms with Crippen LogP contribution in [-0.4, -0.2) is 60.6 Å². The molecule has 1 aromatic heterocycles. The van der Waals surface area contributed by atoms with Crippen molar-refractivity contribution in [1.82, 2.24) is 20.1 Å². The first-order valence-electron chi connectivity index (χ1n) is 8.29. The van der Waals surface area contributed by atoms with E-state index in [1.54, 1.807) is 0 Å². The van der Waals surface area contributed by atoms with Gasteiger partial charge in [-0.05, 0) is 45.7 Å². The van der Waals surface area contributed by atoms with Crippen LogP contribution >= 0.6 is 0 Å². The molecule has 2 aliphatic heterocycles. The van der Waals surface area contributed by atoms with Crippen molar-refractivity contribution in [2.45, 2.75) is 33.2 Å². The molecule has 0 saturated carbocycles. The van der Waals surface area contributed by atoms with Crippen LogP contribution in [0.1, 0.15) is 30.2 Å². The van der Waals surface area contributed by atoms with Gasteiger partial charge >= 0.3 is 0 Å². The number of hydrogen-bond donors (Lipinski definition) is 1. The predicted molar refractivity (Wildman–Crippen MR) is 83.3 cm³/mol. The molecule has 3 heterocycles. The van der Waals surface area contributed by atoms with E-state index in [0.717, 1.165) is 42.9 Å². The molecule has 0 aliphatic carbocycles. The third kappa shape index (κ3) is 4.05. The van der Waals surface area contributed by atoms with Crippen LogP contribution in [0.2, 0.25) is 0 Å². The van der Waals surface area contributed by atoms with Crippen molar-refractivity contribution < 1.29 is 4.42 Å². The minimum atomic E-state index is 0.857. The Morgan fingerprint density at radius 3 is 2.38 bits per heavy atom. The Bertz CT molecular complexity index is 426. The van der Waals surface area contributed by atoms with Gasteiger partial charge in [0.2, 0.25) is 5.89 Å². The van der Waals surface area contributed by atoms with E-state index in [0.29, 0.717) is 0 Å². The molecule has 21 heavy (non-hydrogen) atoms. The average Bonchev–Trinajstić information content (AvgIpc) is 2.80. The summed E-state index contributed by atoms with van der Waals surface area (Å²) >= 11 is 0. The molecule has 3 rings (SSSR count). The van der Waals surface area contributed by atoms with Gasteiger partial charge in [-0.2, -0.15) is 0 Å². The summed E-state index contributed by atoms with van der Waals surface area (Å²) in [5.41, 5.74) is 1.02. The van der Waals surface area contributed by atoms with Gasteiger partial charge in [-0.15, -0.1) is 0 Å². The van der Waals surface area contributed by atoms with Gasteiger partial charge < -0.3 is 14.6 Å². The van der Waals surface area contributed by atoms with Gasteiger partial charge in [0.1, 0.15) is 5.76 Å². The van der Waals surface area contributed by atoms with E-state index in [2.05, 4.69) is 20.1 Å². The summed E-state index contributed by atoms with van der Waals surface area (Å²) in [4.78, 5) is 9.59. The molecule has 0 atom stereocenters. The second-order valence-corrected chi connectivity index (χ2v) is 6.52. The number of rotatable bonds is 4. The minimum Gasteiger partial charge on any atom is -0.444 e. The minimum absolute atomic E-state index is 0.857. The molecule has 5 nitrogen and oxygen atoms in total. The van der Waals surface area contributed by atoms with Gasteiger partial charge in [0.05, 0.1) is 12.2 Å². The highest BCUT2D eigenvalue weighted by molar-refractivity contribution is 5.05. The molecule has 1 N–H and O–H groups in total. The maximum Gasteiger partial charge on any atom is 0.208 e. The first-order valence-corrected chi connectivity index (χ1v) is 8.29. The fourth-order valence-electron chi connectivity index (χ4n) is 3.36. The summed E-state index contributed by atoms with van der Waals surface area (Å²) in [7, 11) is 0. The van der Waals surface area contributed by atoms with E-state index in [4.69, 9.17) is 4.42 Å². The van der Waals surface area contributed by atoms with Crippen molar-refractivity contribution in [3.05, 3.63) is 17.3 Å². The number of nitrogens with one attached hydrogen (secondary N) is 1. The summed E-state index contributed by atoms with van der Waals surface area (Å²) in [5, 5.41) is 3.45. The quantitative estimate of drug-likeness (QED) is 0.909. The second-order valence-electron chi connectivity index (χ2n) is 6.52. The second kappa shape index (κ2) is 6.90. The number of aromatic nitrogens is 1. The summed E-state index contributed by atoms with van der Waals surface area (Å²) < 4.78 is 5.69. The lowest BCUT2D eigenvalue weighted by Gasteiger charge is -2.36. The van der Waals surface area contributed by atoms with Gasteiger partial charge in [-0.1, -0.05) is 0 Å².